The van der Waals surface area contributed by atoms with Gasteiger partial charge in [-0.2, -0.15) is 5.10 Å². The fourth-order valence-corrected chi connectivity index (χ4v) is 2.77. The van der Waals surface area contributed by atoms with Crippen LogP contribution < -0.4 is 0 Å². The standard InChI is InChI=1S/C14H18N4O2/c1-2-17-5-3-10(9-17)7-12-15-13-8-11(14(19)20)4-6-18(13)16-12/h4,6,8,10H,2-3,5,7,9H2,1H3,(H,19,20). The van der Waals surface area contributed by atoms with Crippen molar-refractivity contribution in [1.29, 1.82) is 0 Å². The highest BCUT2D eigenvalue weighted by Crippen LogP contribution is 2.19. The first-order chi connectivity index (χ1) is 9.65. The molecule has 0 bridgehead atoms. The molecule has 2 aromatic rings. The number of aromatic carboxylic acids is 1. The number of hydrogen-bond donors (Lipinski definition) is 1. The largest absolute Gasteiger partial charge is 0.478 e. The van der Waals surface area contributed by atoms with Crippen LogP contribution in [0.5, 0.6) is 0 Å². The number of fused-ring (bicyclic) bond motifs is 1. The van der Waals surface area contributed by atoms with Crippen LogP contribution in [0.3, 0.4) is 0 Å². The molecular formula is C14H18N4O2. The Balaban J connectivity index is 1.77. The minimum absolute atomic E-state index is 0.245. The van der Waals surface area contributed by atoms with Crippen molar-refractivity contribution in [2.75, 3.05) is 19.6 Å². The number of carboxylic acids is 1. The topological polar surface area (TPSA) is 70.7 Å². The SMILES string of the molecule is CCN1CCC(Cc2nc3cc(C(=O)O)ccn3n2)C1. The summed E-state index contributed by atoms with van der Waals surface area (Å²) in [5, 5.41) is 13.4. The Morgan fingerprint density at radius 1 is 1.55 bits per heavy atom. The van der Waals surface area contributed by atoms with E-state index in [0.29, 0.717) is 11.6 Å². The van der Waals surface area contributed by atoms with Crippen LogP contribution >= 0.6 is 0 Å². The molecule has 1 fully saturated rings. The third kappa shape index (κ3) is 2.51. The highest BCUT2D eigenvalue weighted by Gasteiger charge is 2.22. The number of rotatable bonds is 4. The Kier molecular flexibility index (Phi) is 3.40. The molecule has 6 heteroatoms. The van der Waals surface area contributed by atoms with Crippen LogP contribution in [-0.4, -0.2) is 50.2 Å². The first-order valence-electron chi connectivity index (χ1n) is 6.96. The van der Waals surface area contributed by atoms with Gasteiger partial charge in [-0.05, 0) is 37.6 Å². The van der Waals surface area contributed by atoms with E-state index in [9.17, 15) is 4.79 Å². The number of pyridine rings is 1. The first-order valence-corrected chi connectivity index (χ1v) is 6.96. The third-order valence-corrected chi connectivity index (χ3v) is 3.92. The Hall–Kier alpha value is -1.95. The van der Waals surface area contributed by atoms with Crippen molar-refractivity contribution in [3.05, 3.63) is 29.7 Å². The zero-order chi connectivity index (χ0) is 14.1. The van der Waals surface area contributed by atoms with Gasteiger partial charge in [0, 0.05) is 19.2 Å². The number of carboxylic acid groups (broad SMARTS) is 1. The summed E-state index contributed by atoms with van der Waals surface area (Å²) < 4.78 is 1.65. The van der Waals surface area contributed by atoms with Crippen molar-refractivity contribution < 1.29 is 9.90 Å². The lowest BCUT2D eigenvalue weighted by atomic mass is 10.1. The Labute approximate surface area is 117 Å². The molecule has 2 aromatic heterocycles. The van der Waals surface area contributed by atoms with Crippen LogP contribution in [-0.2, 0) is 6.42 Å². The quantitative estimate of drug-likeness (QED) is 0.910. The average Bonchev–Trinajstić information content (AvgIpc) is 3.03. The van der Waals surface area contributed by atoms with Crippen LogP contribution in [0.1, 0.15) is 29.5 Å². The summed E-state index contributed by atoms with van der Waals surface area (Å²) in [6, 6.07) is 3.11. The maximum atomic E-state index is 10.9. The Morgan fingerprint density at radius 3 is 3.10 bits per heavy atom. The van der Waals surface area contributed by atoms with E-state index in [-0.39, 0.29) is 5.56 Å². The molecule has 3 rings (SSSR count). The van der Waals surface area contributed by atoms with Crippen molar-refractivity contribution in [2.24, 2.45) is 5.92 Å². The number of nitrogens with zero attached hydrogens (tertiary/aromatic N) is 4. The zero-order valence-corrected chi connectivity index (χ0v) is 11.5. The van der Waals surface area contributed by atoms with Gasteiger partial charge in [-0.25, -0.2) is 14.3 Å². The van der Waals surface area contributed by atoms with Crippen molar-refractivity contribution in [2.45, 2.75) is 19.8 Å². The molecule has 0 aromatic carbocycles. The summed E-state index contributed by atoms with van der Waals surface area (Å²) in [6.45, 7) is 5.53. The van der Waals surface area contributed by atoms with E-state index in [0.717, 1.165) is 31.9 Å². The van der Waals surface area contributed by atoms with Gasteiger partial charge >= 0.3 is 5.97 Å². The predicted molar refractivity (Wildman–Crippen MR) is 73.9 cm³/mol. The summed E-state index contributed by atoms with van der Waals surface area (Å²) in [7, 11) is 0. The van der Waals surface area contributed by atoms with E-state index in [2.05, 4.69) is 21.9 Å². The maximum Gasteiger partial charge on any atom is 0.335 e. The van der Waals surface area contributed by atoms with Gasteiger partial charge in [0.25, 0.3) is 0 Å². The van der Waals surface area contributed by atoms with E-state index in [1.54, 1.807) is 22.8 Å². The molecule has 1 saturated heterocycles. The molecule has 0 amide bonds. The summed E-state index contributed by atoms with van der Waals surface area (Å²) in [4.78, 5) is 17.8. The van der Waals surface area contributed by atoms with Crippen LogP contribution in [0.2, 0.25) is 0 Å². The summed E-state index contributed by atoms with van der Waals surface area (Å²) in [5.41, 5.74) is 0.847. The number of likely N-dealkylation sites (tertiary alicyclic amines) is 1. The molecule has 3 heterocycles. The van der Waals surface area contributed by atoms with E-state index >= 15 is 0 Å². The van der Waals surface area contributed by atoms with E-state index in [1.165, 1.54) is 6.42 Å². The van der Waals surface area contributed by atoms with Gasteiger partial charge in [0.05, 0.1) is 5.56 Å². The molecule has 0 aliphatic carbocycles. The molecule has 106 valence electrons. The van der Waals surface area contributed by atoms with Gasteiger partial charge in [-0.3, -0.25) is 0 Å². The molecule has 0 radical (unpaired) electrons. The molecule has 1 aliphatic heterocycles. The molecule has 1 N–H and O–H groups in total. The van der Waals surface area contributed by atoms with Crippen molar-refractivity contribution in [3.63, 3.8) is 0 Å². The normalized spacial score (nSPS) is 19.8. The molecule has 1 atom stereocenters. The summed E-state index contributed by atoms with van der Waals surface area (Å²) in [5.74, 6) is 0.466. The van der Waals surface area contributed by atoms with Crippen molar-refractivity contribution in [1.82, 2.24) is 19.5 Å². The molecular weight excluding hydrogens is 256 g/mol. The molecule has 0 saturated carbocycles. The first kappa shape index (κ1) is 13.1. The van der Waals surface area contributed by atoms with Crippen molar-refractivity contribution >= 4 is 11.6 Å². The lowest BCUT2D eigenvalue weighted by molar-refractivity contribution is 0.0697. The molecule has 20 heavy (non-hydrogen) atoms. The number of hydrogen-bond acceptors (Lipinski definition) is 4. The summed E-state index contributed by atoms with van der Waals surface area (Å²) in [6.07, 6.45) is 3.70. The Bertz CT molecular complexity index is 637. The highest BCUT2D eigenvalue weighted by atomic mass is 16.4. The van der Waals surface area contributed by atoms with Crippen LogP contribution in [0.4, 0.5) is 0 Å². The second kappa shape index (κ2) is 5.20. The average molecular weight is 274 g/mol. The van der Waals surface area contributed by atoms with Gasteiger partial charge in [0.2, 0.25) is 0 Å². The van der Waals surface area contributed by atoms with Gasteiger partial charge in [0.1, 0.15) is 0 Å². The zero-order valence-electron chi connectivity index (χ0n) is 11.5. The van der Waals surface area contributed by atoms with Gasteiger partial charge in [0.15, 0.2) is 11.5 Å². The second-order valence-electron chi connectivity index (χ2n) is 5.30. The number of carbonyl (C=O) groups is 1. The minimum atomic E-state index is -0.938. The number of aromatic nitrogens is 3. The predicted octanol–water partition coefficient (Wildman–Crippen LogP) is 1.31. The van der Waals surface area contributed by atoms with Gasteiger partial charge in [-0.1, -0.05) is 6.92 Å². The molecule has 6 nitrogen and oxygen atoms in total. The smallest absolute Gasteiger partial charge is 0.335 e. The molecule has 1 unspecified atom stereocenters. The van der Waals surface area contributed by atoms with Crippen LogP contribution in [0.15, 0.2) is 18.3 Å². The monoisotopic (exact) mass is 274 g/mol. The minimum Gasteiger partial charge on any atom is -0.478 e. The fourth-order valence-electron chi connectivity index (χ4n) is 2.77. The third-order valence-electron chi connectivity index (χ3n) is 3.92. The lowest BCUT2D eigenvalue weighted by Gasteiger charge is -2.11. The molecule has 0 spiro atoms. The molecule has 1 aliphatic rings. The second-order valence-corrected chi connectivity index (χ2v) is 5.30. The summed E-state index contributed by atoms with van der Waals surface area (Å²) >= 11 is 0. The van der Waals surface area contributed by atoms with Gasteiger partial charge in [-0.15, -0.1) is 0 Å². The highest BCUT2D eigenvalue weighted by molar-refractivity contribution is 5.88. The maximum absolute atomic E-state index is 10.9. The van der Waals surface area contributed by atoms with Crippen molar-refractivity contribution in [3.8, 4) is 0 Å². The van der Waals surface area contributed by atoms with E-state index in [4.69, 9.17) is 5.11 Å². The van der Waals surface area contributed by atoms with E-state index in [1.807, 2.05) is 0 Å². The van der Waals surface area contributed by atoms with Crippen LogP contribution in [0, 0.1) is 5.92 Å². The van der Waals surface area contributed by atoms with Gasteiger partial charge < -0.3 is 10.0 Å². The fraction of sp³-hybridized carbons (Fsp3) is 0.500. The van der Waals surface area contributed by atoms with Crippen LogP contribution in [0.25, 0.3) is 5.65 Å². The van der Waals surface area contributed by atoms with E-state index < -0.39 is 5.97 Å². The Morgan fingerprint density at radius 2 is 2.40 bits per heavy atom. The lowest BCUT2D eigenvalue weighted by Crippen LogP contribution is -2.20.